The van der Waals surface area contributed by atoms with E-state index in [1.54, 1.807) is 36.5 Å². The second-order valence-corrected chi connectivity index (χ2v) is 11.6. The summed E-state index contributed by atoms with van der Waals surface area (Å²) in [6.07, 6.45) is 3.85. The molecule has 1 aromatic heterocycles. The van der Waals surface area contributed by atoms with Crippen LogP contribution in [0, 0.1) is 0 Å². The van der Waals surface area contributed by atoms with Gasteiger partial charge in [-0.05, 0) is 37.1 Å². The van der Waals surface area contributed by atoms with Crippen molar-refractivity contribution in [1.29, 1.82) is 0 Å². The molecule has 196 valence electrons. The number of aromatic amines is 1. The molecule has 9 heteroatoms. The van der Waals surface area contributed by atoms with Crippen LogP contribution in [0.5, 0.6) is 0 Å². The minimum atomic E-state index is -3.91. The molecule has 0 spiro atoms. The van der Waals surface area contributed by atoms with E-state index < -0.39 is 27.9 Å². The number of Topliss-reactive ketones (excluding diaryl/α,β-unsaturated/α-hetero) is 1. The van der Waals surface area contributed by atoms with Gasteiger partial charge >= 0.3 is 5.97 Å². The summed E-state index contributed by atoms with van der Waals surface area (Å²) >= 11 is 6.31. The highest BCUT2D eigenvalue weighted by Gasteiger charge is 2.31. The molecule has 3 aromatic carbocycles. The van der Waals surface area contributed by atoms with Gasteiger partial charge in [0, 0.05) is 41.3 Å². The summed E-state index contributed by atoms with van der Waals surface area (Å²) < 4.78 is 34.0. The molecule has 2 heterocycles. The Balaban J connectivity index is 1.47. The van der Waals surface area contributed by atoms with E-state index in [1.807, 2.05) is 24.3 Å². The summed E-state index contributed by atoms with van der Waals surface area (Å²) in [4.78, 5) is 30.0. The number of sulfonamides is 1. The zero-order valence-electron chi connectivity index (χ0n) is 20.6. The lowest BCUT2D eigenvalue weighted by molar-refractivity contribution is 0.0280. The molecule has 1 atom stereocenters. The zero-order chi connectivity index (χ0) is 26.7. The third-order valence-corrected chi connectivity index (χ3v) is 9.15. The van der Waals surface area contributed by atoms with Crippen molar-refractivity contribution in [2.24, 2.45) is 0 Å². The number of esters is 1. The number of benzene rings is 3. The smallest absolute Gasteiger partial charge is 0.339 e. The summed E-state index contributed by atoms with van der Waals surface area (Å²) in [5.41, 5.74) is 1.68. The normalized spacial score (nSPS) is 15.6. The summed E-state index contributed by atoms with van der Waals surface area (Å²) in [6.45, 7) is 0.811. The van der Waals surface area contributed by atoms with Gasteiger partial charge in [0.05, 0.1) is 10.6 Å². The van der Waals surface area contributed by atoms with Crippen LogP contribution in [0.3, 0.4) is 0 Å². The molecule has 0 saturated carbocycles. The Bertz CT molecular complexity index is 1580. The van der Waals surface area contributed by atoms with Gasteiger partial charge in [-0.3, -0.25) is 4.79 Å². The van der Waals surface area contributed by atoms with Crippen molar-refractivity contribution in [3.05, 3.63) is 101 Å². The topological polar surface area (TPSA) is 96.5 Å². The number of hydrogen-bond acceptors (Lipinski definition) is 5. The SMILES string of the molecule is O=C(OC(C(=O)c1c[nH]c2ccccc12)c1ccccc1)c1ccc(Cl)c(S(=O)(=O)N2CCCCCC2)c1. The number of ketones is 1. The van der Waals surface area contributed by atoms with E-state index in [0.717, 1.165) is 31.2 Å². The minimum absolute atomic E-state index is 0.00421. The quantitative estimate of drug-likeness (QED) is 0.219. The van der Waals surface area contributed by atoms with Gasteiger partial charge in [0.25, 0.3) is 0 Å². The molecule has 0 aliphatic carbocycles. The Kier molecular flexibility index (Phi) is 7.65. The molecule has 1 N–H and O–H groups in total. The summed E-state index contributed by atoms with van der Waals surface area (Å²) in [5.74, 6) is -1.22. The predicted molar refractivity (Wildman–Crippen MR) is 146 cm³/mol. The van der Waals surface area contributed by atoms with Gasteiger partial charge in [0.15, 0.2) is 6.10 Å². The van der Waals surface area contributed by atoms with E-state index >= 15 is 0 Å². The second-order valence-electron chi connectivity index (χ2n) is 9.27. The fourth-order valence-electron chi connectivity index (χ4n) is 4.74. The highest BCUT2D eigenvalue weighted by molar-refractivity contribution is 7.89. The summed E-state index contributed by atoms with van der Waals surface area (Å²) in [6, 6.07) is 20.1. The number of aromatic nitrogens is 1. The van der Waals surface area contributed by atoms with Crippen LogP contribution >= 0.6 is 11.6 Å². The number of halogens is 1. The van der Waals surface area contributed by atoms with Crippen molar-refractivity contribution in [2.45, 2.75) is 36.7 Å². The molecular formula is C29H27ClN2O5S. The number of para-hydroxylation sites is 1. The molecule has 7 nitrogen and oxygen atoms in total. The first-order valence-corrected chi connectivity index (χ1v) is 14.3. The lowest BCUT2D eigenvalue weighted by atomic mass is 9.99. The molecule has 1 fully saturated rings. The van der Waals surface area contributed by atoms with Crippen LogP contribution < -0.4 is 0 Å². The molecule has 1 aliphatic rings. The Morgan fingerprint density at radius 3 is 2.32 bits per heavy atom. The van der Waals surface area contributed by atoms with E-state index in [-0.39, 0.29) is 15.5 Å². The van der Waals surface area contributed by atoms with E-state index in [1.165, 1.54) is 22.5 Å². The largest absolute Gasteiger partial charge is 0.445 e. The average Bonchev–Trinajstić information content (AvgIpc) is 3.16. The van der Waals surface area contributed by atoms with Crippen molar-refractivity contribution in [3.8, 4) is 0 Å². The number of hydrogen-bond donors (Lipinski definition) is 1. The first-order valence-electron chi connectivity index (χ1n) is 12.5. The molecule has 38 heavy (non-hydrogen) atoms. The fourth-order valence-corrected chi connectivity index (χ4v) is 6.76. The van der Waals surface area contributed by atoms with Crippen LogP contribution in [0.15, 0.2) is 83.9 Å². The highest BCUT2D eigenvalue weighted by Crippen LogP contribution is 2.31. The van der Waals surface area contributed by atoms with Gasteiger partial charge < -0.3 is 9.72 Å². The second kappa shape index (κ2) is 11.1. The van der Waals surface area contributed by atoms with Crippen molar-refractivity contribution >= 4 is 44.3 Å². The zero-order valence-corrected chi connectivity index (χ0v) is 22.2. The van der Waals surface area contributed by atoms with Gasteiger partial charge in [-0.15, -0.1) is 0 Å². The van der Waals surface area contributed by atoms with Gasteiger partial charge in [-0.1, -0.05) is 73.0 Å². The van der Waals surface area contributed by atoms with Crippen molar-refractivity contribution < 1.29 is 22.7 Å². The van der Waals surface area contributed by atoms with Crippen molar-refractivity contribution in [3.63, 3.8) is 0 Å². The number of H-pyrrole nitrogens is 1. The number of carbonyl (C=O) groups excluding carboxylic acids is 2. The maximum Gasteiger partial charge on any atom is 0.339 e. The molecule has 0 bridgehead atoms. The van der Waals surface area contributed by atoms with E-state index in [9.17, 15) is 18.0 Å². The predicted octanol–water partition coefficient (Wildman–Crippen LogP) is 6.17. The standard InChI is InChI=1S/C29H27ClN2O5S/c30-24-15-14-21(18-26(24)38(35,36)32-16-8-1-2-9-17-32)29(34)37-28(20-10-4-3-5-11-20)27(33)23-19-31-25-13-7-6-12-22(23)25/h3-7,10-15,18-19,28,31H,1-2,8-9,16-17H2. The number of nitrogens with zero attached hydrogens (tertiary/aromatic N) is 1. The first kappa shape index (κ1) is 26.2. The lowest BCUT2D eigenvalue weighted by Crippen LogP contribution is -2.32. The molecule has 4 aromatic rings. The summed E-state index contributed by atoms with van der Waals surface area (Å²) in [5, 5.41) is 0.743. The van der Waals surface area contributed by atoms with Gasteiger partial charge in [-0.2, -0.15) is 4.31 Å². The fraction of sp³-hybridized carbons (Fsp3) is 0.241. The van der Waals surface area contributed by atoms with Crippen molar-refractivity contribution in [1.82, 2.24) is 9.29 Å². The Labute approximate surface area is 226 Å². The molecule has 0 amide bonds. The van der Waals surface area contributed by atoms with Crippen LogP contribution in [0.4, 0.5) is 0 Å². The molecule has 1 saturated heterocycles. The first-order chi connectivity index (χ1) is 18.4. The molecule has 5 rings (SSSR count). The molecule has 1 unspecified atom stereocenters. The molecule has 0 radical (unpaired) electrons. The van der Waals surface area contributed by atoms with Crippen LogP contribution in [0.25, 0.3) is 10.9 Å². The molecule has 1 aliphatic heterocycles. The van der Waals surface area contributed by atoms with Crippen LogP contribution in [0.1, 0.15) is 58.1 Å². The van der Waals surface area contributed by atoms with E-state index in [0.29, 0.717) is 29.6 Å². The van der Waals surface area contributed by atoms with Gasteiger partial charge in [0.1, 0.15) is 4.90 Å². The number of carbonyl (C=O) groups is 2. The average molecular weight is 551 g/mol. The minimum Gasteiger partial charge on any atom is -0.445 e. The third-order valence-electron chi connectivity index (χ3n) is 6.77. The lowest BCUT2D eigenvalue weighted by Gasteiger charge is -2.21. The maximum atomic E-state index is 13.7. The Morgan fingerprint density at radius 1 is 0.895 bits per heavy atom. The Morgan fingerprint density at radius 2 is 1.58 bits per heavy atom. The van der Waals surface area contributed by atoms with Gasteiger partial charge in [-0.25, -0.2) is 13.2 Å². The Hall–Kier alpha value is -3.46. The number of fused-ring (bicyclic) bond motifs is 1. The maximum absolute atomic E-state index is 13.7. The van der Waals surface area contributed by atoms with E-state index in [4.69, 9.17) is 16.3 Å². The summed E-state index contributed by atoms with van der Waals surface area (Å²) in [7, 11) is -3.91. The van der Waals surface area contributed by atoms with Crippen LogP contribution in [-0.4, -0.2) is 42.5 Å². The molecular weight excluding hydrogens is 524 g/mol. The number of rotatable bonds is 7. The number of ether oxygens (including phenoxy) is 1. The highest BCUT2D eigenvalue weighted by atomic mass is 35.5. The van der Waals surface area contributed by atoms with E-state index in [2.05, 4.69) is 4.98 Å². The van der Waals surface area contributed by atoms with Crippen LogP contribution in [-0.2, 0) is 14.8 Å². The number of nitrogens with one attached hydrogen (secondary N) is 1. The monoisotopic (exact) mass is 550 g/mol. The van der Waals surface area contributed by atoms with Gasteiger partial charge in [0.2, 0.25) is 15.8 Å². The van der Waals surface area contributed by atoms with Crippen LogP contribution in [0.2, 0.25) is 5.02 Å². The van der Waals surface area contributed by atoms with Crippen molar-refractivity contribution in [2.75, 3.05) is 13.1 Å². The third kappa shape index (κ3) is 5.25.